The van der Waals surface area contributed by atoms with E-state index in [1.54, 1.807) is 33.5 Å². The number of hydrogen-bond donors (Lipinski definition) is 2. The van der Waals surface area contributed by atoms with Crippen LogP contribution in [0.4, 0.5) is 5.69 Å². The molecule has 0 saturated heterocycles. The van der Waals surface area contributed by atoms with Gasteiger partial charge in [0.15, 0.2) is 11.5 Å². The van der Waals surface area contributed by atoms with Crippen molar-refractivity contribution in [2.24, 2.45) is 0 Å². The van der Waals surface area contributed by atoms with E-state index in [0.29, 0.717) is 54.4 Å². The number of fused-ring (bicyclic) bond motifs is 4. The van der Waals surface area contributed by atoms with Crippen LogP contribution in [0, 0.1) is 0 Å². The van der Waals surface area contributed by atoms with E-state index in [1.807, 2.05) is 35.2 Å². The number of anilines is 1. The van der Waals surface area contributed by atoms with Gasteiger partial charge in [-0.3, -0.25) is 14.4 Å². The molecule has 5 rings (SSSR count). The summed E-state index contributed by atoms with van der Waals surface area (Å²) < 4.78 is 17.1. The average Bonchev–Trinajstić information content (AvgIpc) is 3.22. The van der Waals surface area contributed by atoms with Crippen molar-refractivity contribution in [1.29, 1.82) is 0 Å². The van der Waals surface area contributed by atoms with Crippen molar-refractivity contribution in [1.82, 2.24) is 10.2 Å². The first-order chi connectivity index (χ1) is 19.8. The molecule has 0 spiro atoms. The highest BCUT2D eigenvalue weighted by molar-refractivity contribution is 5.84. The van der Waals surface area contributed by atoms with E-state index in [4.69, 9.17) is 14.2 Å². The van der Waals surface area contributed by atoms with E-state index in [2.05, 4.69) is 16.7 Å². The summed E-state index contributed by atoms with van der Waals surface area (Å²) in [5.41, 5.74) is 5.56. The molecule has 1 aliphatic carbocycles. The van der Waals surface area contributed by atoms with Gasteiger partial charge in [0.1, 0.15) is 0 Å². The number of carbonyl (C=O) groups excluding carboxylic acids is 2. The van der Waals surface area contributed by atoms with Crippen molar-refractivity contribution in [2.75, 3.05) is 39.7 Å². The maximum Gasteiger partial charge on any atom is 0.242 e. The number of nitrogens with one attached hydrogen (secondary N) is 2. The molecular formula is C32H35N3O6. The van der Waals surface area contributed by atoms with Gasteiger partial charge in [-0.05, 0) is 65.3 Å². The van der Waals surface area contributed by atoms with Gasteiger partial charge in [-0.15, -0.1) is 0 Å². The first-order valence-corrected chi connectivity index (χ1v) is 13.7. The minimum atomic E-state index is -0.403. The molecule has 3 aromatic carbocycles. The lowest BCUT2D eigenvalue weighted by atomic mass is 9.95. The summed E-state index contributed by atoms with van der Waals surface area (Å²) in [6.45, 7) is 2.64. The maximum atomic E-state index is 13.5. The van der Waals surface area contributed by atoms with E-state index >= 15 is 0 Å². The van der Waals surface area contributed by atoms with Gasteiger partial charge in [-0.25, -0.2) is 0 Å². The molecule has 9 heteroatoms. The Kier molecular flexibility index (Phi) is 8.14. The monoisotopic (exact) mass is 557 g/mol. The van der Waals surface area contributed by atoms with Gasteiger partial charge >= 0.3 is 0 Å². The van der Waals surface area contributed by atoms with Crippen molar-refractivity contribution >= 4 is 17.5 Å². The summed E-state index contributed by atoms with van der Waals surface area (Å²) in [7, 11) is 4.68. The minimum Gasteiger partial charge on any atom is -0.493 e. The van der Waals surface area contributed by atoms with Gasteiger partial charge in [-0.2, -0.15) is 0 Å². The summed E-state index contributed by atoms with van der Waals surface area (Å²) in [5, 5.41) is 6.08. The number of aryl methyl sites for hydroxylation is 1. The molecule has 41 heavy (non-hydrogen) atoms. The third-order valence-electron chi connectivity index (χ3n) is 7.83. The Bertz CT molecular complexity index is 1550. The third-order valence-corrected chi connectivity index (χ3v) is 7.83. The van der Waals surface area contributed by atoms with Gasteiger partial charge in [0.25, 0.3) is 0 Å². The first kappa shape index (κ1) is 28.0. The molecule has 0 radical (unpaired) electrons. The zero-order chi connectivity index (χ0) is 29.1. The smallest absolute Gasteiger partial charge is 0.242 e. The predicted octanol–water partition coefficient (Wildman–Crippen LogP) is 3.86. The van der Waals surface area contributed by atoms with Crippen molar-refractivity contribution in [3.63, 3.8) is 0 Å². The number of methoxy groups -OCH3 is 3. The van der Waals surface area contributed by atoms with Crippen LogP contribution in [0.3, 0.4) is 0 Å². The molecule has 3 aromatic rings. The van der Waals surface area contributed by atoms with Crippen LogP contribution in [0.5, 0.6) is 17.2 Å². The molecule has 1 unspecified atom stereocenters. The largest absolute Gasteiger partial charge is 0.493 e. The highest BCUT2D eigenvalue weighted by Gasteiger charge is 2.29. The fraction of sp³-hybridized carbons (Fsp3) is 0.344. The van der Waals surface area contributed by atoms with Crippen LogP contribution in [0.1, 0.15) is 41.6 Å². The second-order valence-corrected chi connectivity index (χ2v) is 10.3. The van der Waals surface area contributed by atoms with Crippen LogP contribution in [-0.4, -0.2) is 51.1 Å². The Morgan fingerprint density at radius 1 is 0.927 bits per heavy atom. The maximum absolute atomic E-state index is 13.5. The van der Waals surface area contributed by atoms with E-state index in [-0.39, 0.29) is 23.8 Å². The van der Waals surface area contributed by atoms with E-state index < -0.39 is 6.04 Å². The minimum absolute atomic E-state index is 0.00780. The number of ether oxygens (including phenoxy) is 3. The number of rotatable bonds is 7. The lowest BCUT2D eigenvalue weighted by molar-refractivity contribution is -0.130. The van der Waals surface area contributed by atoms with Gasteiger partial charge in [0.05, 0.1) is 39.6 Å². The summed E-state index contributed by atoms with van der Waals surface area (Å²) in [6, 6.07) is 14.7. The Labute approximate surface area is 239 Å². The summed E-state index contributed by atoms with van der Waals surface area (Å²) >= 11 is 0. The Hall–Kier alpha value is -4.53. The molecule has 9 nitrogen and oxygen atoms in total. The number of benzene rings is 2. The fourth-order valence-corrected chi connectivity index (χ4v) is 5.84. The number of hydrogen-bond acceptors (Lipinski definition) is 7. The molecule has 2 amide bonds. The molecule has 1 atom stereocenters. The number of nitrogens with zero attached hydrogens (tertiary/aromatic N) is 1. The lowest BCUT2D eigenvalue weighted by Crippen LogP contribution is -2.39. The van der Waals surface area contributed by atoms with Gasteiger partial charge < -0.3 is 29.7 Å². The zero-order valence-electron chi connectivity index (χ0n) is 23.8. The summed E-state index contributed by atoms with van der Waals surface area (Å²) in [6.07, 6.45) is 1.99. The highest BCUT2D eigenvalue weighted by atomic mass is 16.5. The van der Waals surface area contributed by atoms with Crippen LogP contribution in [0.15, 0.2) is 53.3 Å². The normalized spacial score (nSPS) is 15.4. The molecule has 1 heterocycles. The van der Waals surface area contributed by atoms with E-state index in [1.165, 1.54) is 12.5 Å². The van der Waals surface area contributed by atoms with Crippen molar-refractivity contribution in [2.45, 2.75) is 38.8 Å². The third kappa shape index (κ3) is 5.57. The highest BCUT2D eigenvalue weighted by Crippen LogP contribution is 2.50. The van der Waals surface area contributed by atoms with Gasteiger partial charge in [0.2, 0.25) is 23.0 Å². The van der Waals surface area contributed by atoms with Gasteiger partial charge in [-0.1, -0.05) is 30.3 Å². The van der Waals surface area contributed by atoms with Crippen molar-refractivity contribution in [3.05, 3.63) is 81.0 Å². The number of carbonyl (C=O) groups is 2. The van der Waals surface area contributed by atoms with Crippen LogP contribution < -0.4 is 30.3 Å². The summed E-state index contributed by atoms with van der Waals surface area (Å²) in [4.78, 5) is 40.6. The Morgan fingerprint density at radius 2 is 1.68 bits per heavy atom. The average molecular weight is 558 g/mol. The molecule has 0 aromatic heterocycles. The standard InChI is InChI=1S/C32H35N3O6/c1-19(36)34-25-11-9-21-15-28(39-2)31(40-3)32(41-4)30(21)23-10-12-26(27(37)16-24(23)25)33-17-29(38)35-14-13-20-7-5-6-8-22(20)18-35/h5-8,10,12,15-16,25H,9,11,13-14,17-18H2,1-4H3,(H,33,37)(H,34,36). The second kappa shape index (κ2) is 11.9. The van der Waals surface area contributed by atoms with Crippen molar-refractivity contribution < 1.29 is 23.8 Å². The molecule has 0 saturated carbocycles. The molecule has 2 N–H and O–H groups in total. The van der Waals surface area contributed by atoms with E-state index in [0.717, 1.165) is 28.7 Å². The summed E-state index contributed by atoms with van der Waals surface area (Å²) in [5.74, 6) is 1.19. The fourth-order valence-electron chi connectivity index (χ4n) is 5.84. The van der Waals surface area contributed by atoms with Crippen LogP contribution in [0.2, 0.25) is 0 Å². The Balaban J connectivity index is 1.52. The molecule has 1 aliphatic heterocycles. The lowest BCUT2D eigenvalue weighted by Gasteiger charge is -2.29. The molecular weight excluding hydrogens is 522 g/mol. The Morgan fingerprint density at radius 3 is 2.39 bits per heavy atom. The first-order valence-electron chi connectivity index (χ1n) is 13.7. The van der Waals surface area contributed by atoms with Crippen LogP contribution in [-0.2, 0) is 29.0 Å². The molecule has 0 fully saturated rings. The van der Waals surface area contributed by atoms with Crippen LogP contribution in [0.25, 0.3) is 11.1 Å². The molecule has 0 bridgehead atoms. The quantitative estimate of drug-likeness (QED) is 0.455. The second-order valence-electron chi connectivity index (χ2n) is 10.3. The van der Waals surface area contributed by atoms with Crippen molar-refractivity contribution in [3.8, 4) is 28.4 Å². The van der Waals surface area contributed by atoms with Crippen LogP contribution >= 0.6 is 0 Å². The topological polar surface area (TPSA) is 106 Å². The number of amides is 2. The van der Waals surface area contributed by atoms with E-state index in [9.17, 15) is 14.4 Å². The molecule has 2 aliphatic rings. The predicted molar refractivity (Wildman–Crippen MR) is 157 cm³/mol. The molecule has 214 valence electrons. The van der Waals surface area contributed by atoms with Gasteiger partial charge in [0, 0.05) is 25.6 Å². The SMILES string of the molecule is COc1cc2c(c(OC)c1OC)-c1ccc(NCC(=O)N3CCc4ccccc4C3)c(=O)cc1C(NC(C)=O)CC2. The zero-order valence-corrected chi connectivity index (χ0v) is 23.8.